The van der Waals surface area contributed by atoms with Gasteiger partial charge in [-0.1, -0.05) is 18.5 Å². The van der Waals surface area contributed by atoms with Crippen LogP contribution in [-0.4, -0.2) is 17.7 Å². The number of thiophene rings is 1. The molecule has 0 atom stereocenters. The van der Waals surface area contributed by atoms with Gasteiger partial charge in [0.2, 0.25) is 0 Å². The van der Waals surface area contributed by atoms with Crippen LogP contribution in [0.25, 0.3) is 10.1 Å². The van der Waals surface area contributed by atoms with Crippen molar-refractivity contribution < 1.29 is 14.6 Å². The Morgan fingerprint density at radius 1 is 1.44 bits per heavy atom. The number of aromatic carboxylic acids is 1. The molecule has 0 aliphatic heterocycles. The molecule has 0 unspecified atom stereocenters. The molecule has 0 saturated heterocycles. The van der Waals surface area contributed by atoms with Crippen molar-refractivity contribution in [1.82, 2.24) is 0 Å². The number of carbonyl (C=O) groups is 1. The largest absolute Gasteiger partial charge is 0.492 e. The lowest BCUT2D eigenvalue weighted by atomic mass is 10.1. The number of benzene rings is 1. The molecule has 0 fully saturated rings. The highest BCUT2D eigenvalue weighted by molar-refractivity contribution is 7.19. The fourth-order valence-corrected chi connectivity index (χ4v) is 3.35. The number of carboxylic acids is 1. The molecule has 2 aromatic rings. The van der Waals surface area contributed by atoms with Gasteiger partial charge in [0.05, 0.1) is 22.6 Å². The number of rotatable bonds is 4. The first kappa shape index (κ1) is 13.2. The van der Waals surface area contributed by atoms with Crippen LogP contribution < -0.4 is 4.74 Å². The number of hydrogen-bond acceptors (Lipinski definition) is 3. The molecule has 1 N–H and O–H groups in total. The highest BCUT2D eigenvalue weighted by Crippen LogP contribution is 2.43. The third kappa shape index (κ3) is 2.06. The van der Waals surface area contributed by atoms with Crippen molar-refractivity contribution in [2.45, 2.75) is 20.3 Å². The minimum Gasteiger partial charge on any atom is -0.492 e. The Hall–Kier alpha value is -1.26. The lowest BCUT2D eigenvalue weighted by molar-refractivity contribution is 0.0697. The monoisotopic (exact) mass is 284 g/mol. The third-order valence-corrected chi connectivity index (χ3v) is 4.33. The van der Waals surface area contributed by atoms with Crippen LogP contribution in [0.4, 0.5) is 0 Å². The summed E-state index contributed by atoms with van der Waals surface area (Å²) in [5, 5.41) is 10.1. The van der Waals surface area contributed by atoms with Crippen molar-refractivity contribution in [3.05, 3.63) is 27.6 Å². The Morgan fingerprint density at radius 3 is 2.72 bits per heavy atom. The van der Waals surface area contributed by atoms with E-state index in [-0.39, 0.29) is 10.6 Å². The number of ether oxygens (including phenoxy) is 1. The lowest BCUT2D eigenvalue weighted by Crippen LogP contribution is -1.98. The zero-order valence-corrected chi connectivity index (χ0v) is 11.7. The van der Waals surface area contributed by atoms with E-state index in [1.165, 1.54) is 0 Å². The standard InChI is InChI=1S/C13H13ClO3S/c1-3-8-12(17-4-2)10-9(18-8)6-5-7(11(10)14)13(15)16/h5-6H,3-4H2,1-2H3,(H,15,16). The smallest absolute Gasteiger partial charge is 0.337 e. The minimum atomic E-state index is -1.02. The molecule has 0 bridgehead atoms. The number of carboxylic acid groups (broad SMARTS) is 1. The molecule has 0 amide bonds. The van der Waals surface area contributed by atoms with Gasteiger partial charge in [-0.2, -0.15) is 0 Å². The van der Waals surface area contributed by atoms with Gasteiger partial charge in [-0.15, -0.1) is 11.3 Å². The molecule has 1 aromatic carbocycles. The fourth-order valence-electron chi connectivity index (χ4n) is 1.87. The van der Waals surface area contributed by atoms with Crippen LogP contribution in [0.3, 0.4) is 0 Å². The van der Waals surface area contributed by atoms with Crippen LogP contribution in [0.2, 0.25) is 5.02 Å². The summed E-state index contributed by atoms with van der Waals surface area (Å²) in [6.07, 6.45) is 0.841. The maximum absolute atomic E-state index is 11.1. The average Bonchev–Trinajstić information content (AvgIpc) is 2.68. The Bertz CT molecular complexity index is 604. The van der Waals surface area contributed by atoms with E-state index in [1.807, 2.05) is 13.8 Å². The second-order valence-corrected chi connectivity index (χ2v) is 5.26. The van der Waals surface area contributed by atoms with Gasteiger partial charge in [-0.3, -0.25) is 0 Å². The van der Waals surface area contributed by atoms with Crippen LogP contribution in [-0.2, 0) is 6.42 Å². The molecule has 96 valence electrons. The van der Waals surface area contributed by atoms with Gasteiger partial charge in [0.15, 0.2) is 0 Å². The van der Waals surface area contributed by atoms with Crippen LogP contribution in [0.1, 0.15) is 29.1 Å². The maximum Gasteiger partial charge on any atom is 0.337 e. The van der Waals surface area contributed by atoms with E-state index in [4.69, 9.17) is 21.4 Å². The van der Waals surface area contributed by atoms with Crippen LogP contribution >= 0.6 is 22.9 Å². The molecule has 0 radical (unpaired) electrons. The van der Waals surface area contributed by atoms with Crippen molar-refractivity contribution in [2.75, 3.05) is 6.61 Å². The summed E-state index contributed by atoms with van der Waals surface area (Å²) in [6.45, 7) is 4.48. The fraction of sp³-hybridized carbons (Fsp3) is 0.308. The summed E-state index contributed by atoms with van der Waals surface area (Å²) >= 11 is 7.79. The van der Waals surface area contributed by atoms with E-state index in [2.05, 4.69) is 0 Å². The first-order valence-corrected chi connectivity index (χ1v) is 6.89. The molecular weight excluding hydrogens is 272 g/mol. The van der Waals surface area contributed by atoms with Gasteiger partial charge in [0.25, 0.3) is 0 Å². The highest BCUT2D eigenvalue weighted by Gasteiger charge is 2.19. The Kier molecular flexibility index (Phi) is 3.78. The van der Waals surface area contributed by atoms with E-state index in [0.717, 1.165) is 27.1 Å². The van der Waals surface area contributed by atoms with Gasteiger partial charge in [-0.05, 0) is 25.5 Å². The molecule has 2 rings (SSSR count). The lowest BCUT2D eigenvalue weighted by Gasteiger charge is -2.06. The number of halogens is 1. The van der Waals surface area contributed by atoms with Gasteiger partial charge in [-0.25, -0.2) is 4.79 Å². The molecular formula is C13H13ClO3S. The van der Waals surface area contributed by atoms with Gasteiger partial charge >= 0.3 is 5.97 Å². The molecule has 0 saturated carbocycles. The summed E-state index contributed by atoms with van der Waals surface area (Å²) in [5.74, 6) is -0.290. The maximum atomic E-state index is 11.1. The quantitative estimate of drug-likeness (QED) is 0.914. The first-order valence-electron chi connectivity index (χ1n) is 5.70. The van der Waals surface area contributed by atoms with E-state index >= 15 is 0 Å². The predicted octanol–water partition coefficient (Wildman–Crippen LogP) is 4.21. The summed E-state index contributed by atoms with van der Waals surface area (Å²) in [7, 11) is 0. The van der Waals surface area contributed by atoms with E-state index in [1.54, 1.807) is 23.5 Å². The van der Waals surface area contributed by atoms with E-state index in [9.17, 15) is 4.79 Å². The summed E-state index contributed by atoms with van der Waals surface area (Å²) in [5.41, 5.74) is 0.116. The molecule has 3 nitrogen and oxygen atoms in total. The molecule has 0 spiro atoms. The molecule has 0 aliphatic carbocycles. The zero-order chi connectivity index (χ0) is 13.3. The van der Waals surface area contributed by atoms with Crippen molar-refractivity contribution in [3.63, 3.8) is 0 Å². The minimum absolute atomic E-state index is 0.116. The van der Waals surface area contributed by atoms with Crippen LogP contribution in [0.5, 0.6) is 5.75 Å². The third-order valence-electron chi connectivity index (χ3n) is 2.66. The van der Waals surface area contributed by atoms with Crippen molar-refractivity contribution in [1.29, 1.82) is 0 Å². The van der Waals surface area contributed by atoms with Gasteiger partial charge in [0, 0.05) is 9.58 Å². The second-order valence-electron chi connectivity index (χ2n) is 3.75. The van der Waals surface area contributed by atoms with E-state index in [0.29, 0.717) is 6.61 Å². The molecule has 0 aliphatic rings. The SMILES string of the molecule is CCOc1c(CC)sc2ccc(C(=O)O)c(Cl)c12. The first-order chi connectivity index (χ1) is 8.60. The Labute approximate surface area is 114 Å². The Balaban J connectivity index is 2.77. The highest BCUT2D eigenvalue weighted by atomic mass is 35.5. The molecule has 5 heteroatoms. The van der Waals surface area contributed by atoms with E-state index < -0.39 is 5.97 Å². The number of aryl methyl sites for hydroxylation is 1. The normalized spacial score (nSPS) is 10.8. The summed E-state index contributed by atoms with van der Waals surface area (Å²) in [6, 6.07) is 3.33. The number of hydrogen-bond donors (Lipinski definition) is 1. The zero-order valence-electron chi connectivity index (χ0n) is 10.1. The molecule has 1 heterocycles. The topological polar surface area (TPSA) is 46.5 Å². The van der Waals surface area contributed by atoms with Gasteiger partial charge in [0.1, 0.15) is 5.75 Å². The van der Waals surface area contributed by atoms with Crippen molar-refractivity contribution in [3.8, 4) is 5.75 Å². The van der Waals surface area contributed by atoms with Crippen molar-refractivity contribution in [2.24, 2.45) is 0 Å². The Morgan fingerprint density at radius 2 is 2.17 bits per heavy atom. The van der Waals surface area contributed by atoms with Crippen molar-refractivity contribution >= 4 is 39.0 Å². The average molecular weight is 285 g/mol. The van der Waals surface area contributed by atoms with Crippen LogP contribution in [0.15, 0.2) is 12.1 Å². The summed E-state index contributed by atoms with van der Waals surface area (Å²) < 4.78 is 6.59. The summed E-state index contributed by atoms with van der Waals surface area (Å²) in [4.78, 5) is 12.2. The predicted molar refractivity (Wildman–Crippen MR) is 74.3 cm³/mol. The van der Waals surface area contributed by atoms with Crippen LogP contribution in [0, 0.1) is 0 Å². The number of fused-ring (bicyclic) bond motifs is 1. The van der Waals surface area contributed by atoms with Gasteiger partial charge < -0.3 is 9.84 Å². The molecule has 1 aromatic heterocycles. The second kappa shape index (κ2) is 5.16. The molecule has 18 heavy (non-hydrogen) atoms.